The fraction of sp³-hybridized carbons (Fsp3) is 0.720. The maximum Gasteiger partial charge on any atom is 0.408 e. The van der Waals surface area contributed by atoms with Gasteiger partial charge in [-0.15, -0.1) is 25.6 Å². The van der Waals surface area contributed by atoms with Gasteiger partial charge in [0.15, 0.2) is 0 Å². The average molecular weight is 507 g/mol. The Labute approximate surface area is 212 Å². The van der Waals surface area contributed by atoms with Crippen molar-refractivity contribution in [3.05, 3.63) is 25.3 Å². The number of carbonyl (C=O) groups is 3. The summed E-state index contributed by atoms with van der Waals surface area (Å²) in [5, 5.41) is 2.45. The fourth-order valence-corrected chi connectivity index (χ4v) is 2.23. The molecule has 2 atom stereocenters. The van der Waals surface area contributed by atoms with E-state index in [1.807, 2.05) is 33.8 Å². The topological polar surface area (TPSA) is 117 Å². The van der Waals surface area contributed by atoms with E-state index in [1.165, 1.54) is 0 Å². The predicted octanol–water partition coefficient (Wildman–Crippen LogP) is 4.95. The first-order chi connectivity index (χ1) is 14.9. The Balaban J connectivity index is -0.000000598. The highest BCUT2D eigenvalue weighted by Gasteiger charge is 2.24. The van der Waals surface area contributed by atoms with Crippen molar-refractivity contribution in [2.24, 2.45) is 16.6 Å². The number of halogens is 1. The molecule has 1 amide bonds. The van der Waals surface area contributed by atoms with Gasteiger partial charge in [0.1, 0.15) is 17.7 Å². The summed E-state index contributed by atoms with van der Waals surface area (Å²) < 4.78 is 15.3. The maximum atomic E-state index is 11.8. The van der Waals surface area contributed by atoms with Crippen molar-refractivity contribution >= 4 is 30.4 Å². The fourth-order valence-electron chi connectivity index (χ4n) is 2.23. The molecule has 0 unspecified atom stereocenters. The Morgan fingerprint density at radius 3 is 1.56 bits per heavy atom. The number of esters is 2. The molecule has 0 heterocycles. The minimum absolute atomic E-state index is 0. The molecule has 0 fully saturated rings. The van der Waals surface area contributed by atoms with Gasteiger partial charge in [-0.1, -0.05) is 39.8 Å². The highest BCUT2D eigenvalue weighted by atomic mass is 35.5. The monoisotopic (exact) mass is 506 g/mol. The number of ether oxygens (including phenoxy) is 3. The molecule has 0 saturated carbocycles. The van der Waals surface area contributed by atoms with Crippen molar-refractivity contribution in [3.8, 4) is 0 Å². The number of hydrogen-bond acceptors (Lipinski definition) is 7. The van der Waals surface area contributed by atoms with E-state index in [0.717, 1.165) is 12.8 Å². The summed E-state index contributed by atoms with van der Waals surface area (Å²) >= 11 is 0. The van der Waals surface area contributed by atoms with E-state index in [9.17, 15) is 14.4 Å². The largest absolute Gasteiger partial charge is 0.464 e. The molecule has 200 valence electrons. The summed E-state index contributed by atoms with van der Waals surface area (Å²) in [6.45, 7) is 24.4. The van der Waals surface area contributed by atoms with Gasteiger partial charge in [-0.05, 0) is 47.5 Å². The lowest BCUT2D eigenvalue weighted by molar-refractivity contribution is -0.149. The zero-order chi connectivity index (χ0) is 26.5. The van der Waals surface area contributed by atoms with Crippen LogP contribution in [0.15, 0.2) is 25.3 Å². The lowest BCUT2D eigenvalue weighted by Gasteiger charge is -2.24. The third-order valence-electron chi connectivity index (χ3n) is 4.06. The van der Waals surface area contributed by atoms with Gasteiger partial charge in [-0.2, -0.15) is 0 Å². The second kappa shape index (κ2) is 16.5. The minimum atomic E-state index is -0.746. The van der Waals surface area contributed by atoms with E-state index >= 15 is 0 Å². The van der Waals surface area contributed by atoms with Crippen LogP contribution >= 0.6 is 12.4 Å². The first kappa shape index (κ1) is 36.5. The highest BCUT2D eigenvalue weighted by molar-refractivity contribution is 5.85. The second-order valence-electron chi connectivity index (χ2n) is 10.7. The molecule has 0 aromatic rings. The Hall–Kier alpha value is -2.06. The molecular weight excluding hydrogens is 460 g/mol. The van der Waals surface area contributed by atoms with Gasteiger partial charge in [0.2, 0.25) is 0 Å². The zero-order valence-electron chi connectivity index (χ0n) is 22.5. The molecule has 0 rings (SSSR count). The molecule has 0 aliphatic heterocycles. The summed E-state index contributed by atoms with van der Waals surface area (Å²) in [5.41, 5.74) is 4.53. The Bertz CT molecular complexity index is 654. The van der Waals surface area contributed by atoms with Crippen molar-refractivity contribution in [3.63, 3.8) is 0 Å². The average Bonchev–Trinajstić information content (AvgIpc) is 2.63. The molecular formula is C25H47ClN2O6. The van der Waals surface area contributed by atoms with Crippen molar-refractivity contribution in [2.45, 2.75) is 92.8 Å². The molecule has 9 heteroatoms. The number of allylic oxidation sites excluding steroid dienone is 2. The van der Waals surface area contributed by atoms with Crippen LogP contribution in [0.2, 0.25) is 0 Å². The van der Waals surface area contributed by atoms with Gasteiger partial charge >= 0.3 is 18.0 Å². The molecule has 0 spiro atoms. The standard InChI is InChI=1S/C15H27NO4.C10H19NO2.ClH/c1-8-9-15(6,7)10-19-12(17)11(2)16-13(18)20-14(3,4)5;1-5-6-10(3,4)7-13-9(12)8(2)11;/h8,11H,1,9-10H2,2-7H3,(H,16,18);5,8H,1,6-7,11H2,2-4H3;1H/t11-;8-;/m00./s1. The number of amides is 1. The Morgan fingerprint density at radius 2 is 1.24 bits per heavy atom. The van der Waals surface area contributed by atoms with Crippen LogP contribution in [0.1, 0.15) is 75.2 Å². The van der Waals surface area contributed by atoms with Crippen LogP contribution in [-0.4, -0.2) is 48.9 Å². The number of carbonyl (C=O) groups excluding carboxylic acids is 3. The lowest BCUT2D eigenvalue weighted by atomic mass is 9.91. The molecule has 0 saturated heterocycles. The van der Waals surface area contributed by atoms with Crippen LogP contribution in [0.4, 0.5) is 4.79 Å². The van der Waals surface area contributed by atoms with Crippen LogP contribution in [0.5, 0.6) is 0 Å². The van der Waals surface area contributed by atoms with E-state index in [2.05, 4.69) is 18.5 Å². The van der Waals surface area contributed by atoms with Crippen LogP contribution in [0.25, 0.3) is 0 Å². The van der Waals surface area contributed by atoms with Gasteiger partial charge in [0, 0.05) is 10.8 Å². The van der Waals surface area contributed by atoms with Crippen molar-refractivity contribution in [1.82, 2.24) is 5.32 Å². The molecule has 0 aliphatic rings. The number of alkyl carbamates (subject to hydrolysis) is 1. The zero-order valence-corrected chi connectivity index (χ0v) is 23.3. The van der Waals surface area contributed by atoms with Gasteiger partial charge in [0.25, 0.3) is 0 Å². The van der Waals surface area contributed by atoms with Crippen LogP contribution < -0.4 is 11.1 Å². The quantitative estimate of drug-likeness (QED) is 0.231. The Kier molecular flexibility index (Phi) is 17.8. The molecule has 0 bridgehead atoms. The Morgan fingerprint density at radius 1 is 0.853 bits per heavy atom. The summed E-state index contributed by atoms with van der Waals surface area (Å²) in [7, 11) is 0. The smallest absolute Gasteiger partial charge is 0.408 e. The van der Waals surface area contributed by atoms with Gasteiger partial charge < -0.3 is 25.3 Å². The van der Waals surface area contributed by atoms with E-state index < -0.39 is 29.7 Å². The van der Waals surface area contributed by atoms with Crippen LogP contribution in [-0.2, 0) is 23.8 Å². The minimum Gasteiger partial charge on any atom is -0.464 e. The van der Waals surface area contributed by atoms with Crippen molar-refractivity contribution in [1.29, 1.82) is 0 Å². The number of rotatable bonds is 11. The van der Waals surface area contributed by atoms with Gasteiger partial charge in [0.05, 0.1) is 13.2 Å². The molecule has 0 aliphatic carbocycles. The van der Waals surface area contributed by atoms with E-state index in [0.29, 0.717) is 6.61 Å². The summed E-state index contributed by atoms with van der Waals surface area (Å²) in [5.74, 6) is -0.829. The van der Waals surface area contributed by atoms with Gasteiger partial charge in [-0.25, -0.2) is 9.59 Å². The summed E-state index contributed by atoms with van der Waals surface area (Å²) in [6.07, 6.45) is 4.54. The molecule has 34 heavy (non-hydrogen) atoms. The molecule has 8 nitrogen and oxygen atoms in total. The van der Waals surface area contributed by atoms with Crippen molar-refractivity contribution < 1.29 is 28.6 Å². The SMILES string of the molecule is C=CCC(C)(C)COC(=O)[C@H](C)N.C=CCC(C)(C)COC(=O)[C@H](C)NC(=O)OC(C)(C)C.Cl. The second-order valence-corrected chi connectivity index (χ2v) is 10.7. The van der Waals surface area contributed by atoms with Crippen LogP contribution in [0.3, 0.4) is 0 Å². The van der Waals surface area contributed by atoms with Crippen molar-refractivity contribution in [2.75, 3.05) is 13.2 Å². The third-order valence-corrected chi connectivity index (χ3v) is 4.06. The molecule has 0 aromatic heterocycles. The number of nitrogens with one attached hydrogen (secondary N) is 1. The van der Waals surface area contributed by atoms with E-state index in [-0.39, 0.29) is 35.8 Å². The number of nitrogens with two attached hydrogens (primary N) is 1. The lowest BCUT2D eigenvalue weighted by Crippen LogP contribution is -2.43. The molecule has 0 aromatic carbocycles. The van der Waals surface area contributed by atoms with E-state index in [4.69, 9.17) is 19.9 Å². The summed E-state index contributed by atoms with van der Waals surface area (Å²) in [4.78, 5) is 34.3. The maximum absolute atomic E-state index is 11.8. The summed E-state index contributed by atoms with van der Waals surface area (Å²) in [6, 6.07) is -1.29. The van der Waals surface area contributed by atoms with E-state index in [1.54, 1.807) is 40.7 Å². The first-order valence-corrected chi connectivity index (χ1v) is 11.2. The third kappa shape index (κ3) is 20.5. The predicted molar refractivity (Wildman–Crippen MR) is 139 cm³/mol. The molecule has 3 N–H and O–H groups in total. The highest BCUT2D eigenvalue weighted by Crippen LogP contribution is 2.21. The van der Waals surface area contributed by atoms with Gasteiger partial charge in [-0.3, -0.25) is 4.79 Å². The first-order valence-electron chi connectivity index (χ1n) is 11.2. The number of hydrogen-bond donors (Lipinski definition) is 2. The van der Waals surface area contributed by atoms with Crippen LogP contribution in [0, 0.1) is 10.8 Å². The molecule has 0 radical (unpaired) electrons. The normalized spacial score (nSPS) is 13.0.